The highest BCUT2D eigenvalue weighted by atomic mass is 35.5. The standard InChI is InChI=1S/C11H13ClFNO/c1-3-4-5-9(15-13)10-8(2)6-7-14-11(10)12/h3,6-7,9H,1,4-5H2,2H3. The first-order chi connectivity index (χ1) is 7.20. The van der Waals surface area contributed by atoms with E-state index < -0.39 is 6.10 Å². The molecule has 4 heteroatoms. The van der Waals surface area contributed by atoms with Crippen molar-refractivity contribution in [2.45, 2.75) is 25.9 Å². The van der Waals surface area contributed by atoms with Crippen molar-refractivity contribution in [2.24, 2.45) is 0 Å². The average Bonchev–Trinajstić information content (AvgIpc) is 2.22. The molecule has 2 nitrogen and oxygen atoms in total. The number of rotatable bonds is 5. The van der Waals surface area contributed by atoms with E-state index in [9.17, 15) is 4.53 Å². The predicted molar refractivity (Wildman–Crippen MR) is 58.3 cm³/mol. The molecule has 0 aliphatic heterocycles. The highest BCUT2D eigenvalue weighted by Gasteiger charge is 2.18. The minimum absolute atomic E-state index is 0.293. The molecule has 0 saturated carbocycles. The summed E-state index contributed by atoms with van der Waals surface area (Å²) >= 11 is 5.90. The Kier molecular flexibility index (Phi) is 4.72. The Morgan fingerprint density at radius 1 is 1.73 bits per heavy atom. The smallest absolute Gasteiger partial charge is 0.135 e. The molecule has 0 spiro atoms. The Bertz CT molecular complexity index is 323. The summed E-state index contributed by atoms with van der Waals surface area (Å²) in [5, 5.41) is 0.293. The fourth-order valence-corrected chi connectivity index (χ4v) is 1.75. The van der Waals surface area contributed by atoms with Crippen molar-refractivity contribution in [3.05, 3.63) is 41.2 Å². The van der Waals surface area contributed by atoms with Crippen LogP contribution in [0.15, 0.2) is 24.9 Å². The second-order valence-corrected chi connectivity index (χ2v) is 3.63. The average molecular weight is 230 g/mol. The van der Waals surface area contributed by atoms with Gasteiger partial charge in [-0.15, -0.1) is 6.58 Å². The van der Waals surface area contributed by atoms with Crippen LogP contribution >= 0.6 is 11.6 Å². The molecular weight excluding hydrogens is 217 g/mol. The Morgan fingerprint density at radius 2 is 2.47 bits per heavy atom. The quantitative estimate of drug-likeness (QED) is 0.563. The maximum Gasteiger partial charge on any atom is 0.135 e. The van der Waals surface area contributed by atoms with Gasteiger partial charge in [0, 0.05) is 11.8 Å². The Balaban J connectivity index is 2.95. The molecule has 1 atom stereocenters. The van der Waals surface area contributed by atoms with E-state index in [1.807, 2.05) is 6.92 Å². The summed E-state index contributed by atoms with van der Waals surface area (Å²) in [6.45, 7) is 5.43. The normalized spacial score (nSPS) is 12.5. The maximum absolute atomic E-state index is 12.4. The van der Waals surface area contributed by atoms with E-state index in [2.05, 4.69) is 16.5 Å². The van der Waals surface area contributed by atoms with Crippen LogP contribution < -0.4 is 0 Å². The molecule has 1 unspecified atom stereocenters. The Hall–Kier alpha value is -0.930. The zero-order valence-electron chi connectivity index (χ0n) is 8.54. The van der Waals surface area contributed by atoms with E-state index >= 15 is 0 Å². The largest absolute Gasteiger partial charge is 0.244 e. The minimum Gasteiger partial charge on any atom is -0.244 e. The van der Waals surface area contributed by atoms with Crippen molar-refractivity contribution < 1.29 is 9.47 Å². The second kappa shape index (κ2) is 5.83. The highest BCUT2D eigenvalue weighted by Crippen LogP contribution is 2.30. The summed E-state index contributed by atoms with van der Waals surface area (Å²) < 4.78 is 12.4. The van der Waals surface area contributed by atoms with E-state index in [0.717, 1.165) is 5.56 Å². The zero-order chi connectivity index (χ0) is 11.3. The Labute approximate surface area is 93.6 Å². The third-order valence-electron chi connectivity index (χ3n) is 2.22. The highest BCUT2D eigenvalue weighted by molar-refractivity contribution is 6.30. The molecule has 1 aromatic rings. The van der Waals surface area contributed by atoms with Gasteiger partial charge in [-0.05, 0) is 35.9 Å². The van der Waals surface area contributed by atoms with E-state index in [-0.39, 0.29) is 0 Å². The molecule has 82 valence electrons. The summed E-state index contributed by atoms with van der Waals surface area (Å²) in [5.74, 6) is 0. The van der Waals surface area contributed by atoms with Gasteiger partial charge in [0.05, 0.1) is 0 Å². The van der Waals surface area contributed by atoms with Crippen LogP contribution in [0.4, 0.5) is 4.53 Å². The van der Waals surface area contributed by atoms with Gasteiger partial charge >= 0.3 is 0 Å². The van der Waals surface area contributed by atoms with E-state index in [4.69, 9.17) is 11.6 Å². The van der Waals surface area contributed by atoms with Gasteiger partial charge in [-0.3, -0.25) is 0 Å². The molecule has 0 fully saturated rings. The van der Waals surface area contributed by atoms with Crippen LogP contribution in [0.3, 0.4) is 0 Å². The minimum atomic E-state index is -0.663. The zero-order valence-corrected chi connectivity index (χ0v) is 9.30. The van der Waals surface area contributed by atoms with Crippen LogP contribution in [-0.4, -0.2) is 4.98 Å². The molecule has 1 rings (SSSR count). The van der Waals surface area contributed by atoms with Crippen LogP contribution in [0.1, 0.15) is 30.1 Å². The number of nitrogens with zero attached hydrogens (tertiary/aromatic N) is 1. The van der Waals surface area contributed by atoms with Crippen molar-refractivity contribution in [2.75, 3.05) is 0 Å². The topological polar surface area (TPSA) is 22.1 Å². The van der Waals surface area contributed by atoms with E-state index in [1.54, 1.807) is 18.3 Å². The van der Waals surface area contributed by atoms with E-state index in [1.165, 1.54) is 0 Å². The van der Waals surface area contributed by atoms with Crippen molar-refractivity contribution in [1.29, 1.82) is 0 Å². The second-order valence-electron chi connectivity index (χ2n) is 3.28. The molecule has 0 aromatic carbocycles. The lowest BCUT2D eigenvalue weighted by Crippen LogP contribution is -2.03. The number of hydrogen-bond acceptors (Lipinski definition) is 2. The summed E-state index contributed by atoms with van der Waals surface area (Å²) in [5.41, 5.74) is 1.49. The summed E-state index contributed by atoms with van der Waals surface area (Å²) in [6.07, 6.45) is 3.81. The van der Waals surface area contributed by atoms with Crippen LogP contribution in [0.25, 0.3) is 0 Å². The first-order valence-corrected chi connectivity index (χ1v) is 5.07. The van der Waals surface area contributed by atoms with Gasteiger partial charge in [0.15, 0.2) is 0 Å². The fraction of sp³-hybridized carbons (Fsp3) is 0.364. The van der Waals surface area contributed by atoms with Gasteiger partial charge in [0.1, 0.15) is 11.3 Å². The third kappa shape index (κ3) is 3.01. The number of aryl methyl sites for hydroxylation is 1. The first-order valence-electron chi connectivity index (χ1n) is 4.70. The number of allylic oxidation sites excluding steroid dienone is 1. The number of pyridine rings is 1. The van der Waals surface area contributed by atoms with Crippen molar-refractivity contribution in [1.82, 2.24) is 4.98 Å². The molecule has 1 heterocycles. The lowest BCUT2D eigenvalue weighted by atomic mass is 10.0. The number of aromatic nitrogens is 1. The summed E-state index contributed by atoms with van der Waals surface area (Å²) in [4.78, 5) is 7.84. The first kappa shape index (κ1) is 12.1. The van der Waals surface area contributed by atoms with Gasteiger partial charge in [-0.25, -0.2) is 4.98 Å². The molecule has 15 heavy (non-hydrogen) atoms. The molecule has 0 amide bonds. The van der Waals surface area contributed by atoms with Crippen LogP contribution in [0.2, 0.25) is 5.15 Å². The van der Waals surface area contributed by atoms with Crippen LogP contribution in [0, 0.1) is 6.92 Å². The SMILES string of the molecule is C=CCCC(OF)c1c(C)ccnc1Cl. The van der Waals surface area contributed by atoms with Crippen LogP contribution in [0.5, 0.6) is 0 Å². The van der Waals surface area contributed by atoms with Crippen molar-refractivity contribution in [3.63, 3.8) is 0 Å². The van der Waals surface area contributed by atoms with Gasteiger partial charge in [0.2, 0.25) is 0 Å². The van der Waals surface area contributed by atoms with Crippen LogP contribution in [-0.2, 0) is 4.94 Å². The van der Waals surface area contributed by atoms with E-state index in [0.29, 0.717) is 23.6 Å². The van der Waals surface area contributed by atoms with Gasteiger partial charge in [-0.2, -0.15) is 4.94 Å². The predicted octanol–water partition coefficient (Wildman–Crippen LogP) is 3.95. The van der Waals surface area contributed by atoms with Gasteiger partial charge < -0.3 is 0 Å². The Morgan fingerprint density at radius 3 is 3.00 bits per heavy atom. The summed E-state index contributed by atoms with van der Waals surface area (Å²) in [7, 11) is 0. The molecule has 0 N–H and O–H groups in total. The number of hydrogen-bond donors (Lipinski definition) is 0. The lowest BCUT2D eigenvalue weighted by molar-refractivity contribution is -0.183. The third-order valence-corrected chi connectivity index (χ3v) is 2.52. The van der Waals surface area contributed by atoms with Crippen molar-refractivity contribution in [3.8, 4) is 0 Å². The number of halogens is 2. The fourth-order valence-electron chi connectivity index (χ4n) is 1.43. The maximum atomic E-state index is 12.4. The van der Waals surface area contributed by atoms with Gasteiger partial charge in [-0.1, -0.05) is 17.7 Å². The van der Waals surface area contributed by atoms with Gasteiger partial charge in [0.25, 0.3) is 0 Å². The van der Waals surface area contributed by atoms with Crippen molar-refractivity contribution >= 4 is 11.6 Å². The monoisotopic (exact) mass is 229 g/mol. The molecule has 0 saturated heterocycles. The molecule has 1 aromatic heterocycles. The lowest BCUT2D eigenvalue weighted by Gasteiger charge is -2.14. The molecule has 0 aliphatic carbocycles. The molecular formula is C11H13ClFNO. The molecule has 0 bridgehead atoms. The molecule has 0 aliphatic rings. The molecule has 0 radical (unpaired) electrons. The summed E-state index contributed by atoms with van der Waals surface area (Å²) in [6, 6.07) is 1.78.